The fraction of sp³-hybridized carbons (Fsp3) is 0.167. The molecule has 2 aliphatic rings. The van der Waals surface area contributed by atoms with Gasteiger partial charge in [0, 0.05) is 46.2 Å². The minimum Gasteiger partial charge on any atom is -0.330 e. The van der Waals surface area contributed by atoms with Crippen LogP contribution < -0.4 is 5.32 Å². The first-order chi connectivity index (χ1) is 15.0. The molecule has 0 bridgehead atoms. The minimum absolute atomic E-state index is 0.0782. The van der Waals surface area contributed by atoms with Crippen molar-refractivity contribution in [2.75, 3.05) is 5.32 Å². The number of thiocarbonyl (C=S) groups is 1. The van der Waals surface area contributed by atoms with Crippen molar-refractivity contribution in [1.82, 2.24) is 4.90 Å². The third kappa shape index (κ3) is 4.43. The number of benzene rings is 2. The molecule has 4 rings (SSSR count). The molecular weight excluding hydrogens is 430 g/mol. The van der Waals surface area contributed by atoms with Crippen molar-refractivity contribution in [2.45, 2.75) is 25.9 Å². The molecule has 2 amide bonds. The zero-order chi connectivity index (χ0) is 22.0. The van der Waals surface area contributed by atoms with Crippen LogP contribution in [0, 0.1) is 11.3 Å². The van der Waals surface area contributed by atoms with Gasteiger partial charge < -0.3 is 10.2 Å². The van der Waals surface area contributed by atoms with Crippen molar-refractivity contribution in [3.63, 3.8) is 0 Å². The van der Waals surface area contributed by atoms with Crippen molar-refractivity contribution in [3.05, 3.63) is 87.5 Å². The third-order valence-corrected chi connectivity index (χ3v) is 5.93. The molecule has 1 N–H and O–H groups in total. The van der Waals surface area contributed by atoms with Crippen molar-refractivity contribution in [2.24, 2.45) is 0 Å². The highest BCUT2D eigenvalue weighted by molar-refractivity contribution is 7.81. The van der Waals surface area contributed by atoms with Crippen LogP contribution >= 0.6 is 23.8 Å². The summed E-state index contributed by atoms with van der Waals surface area (Å²) >= 11 is 11.3. The van der Waals surface area contributed by atoms with Crippen LogP contribution in [-0.4, -0.2) is 21.6 Å². The summed E-state index contributed by atoms with van der Waals surface area (Å²) in [5, 5.41) is 12.2. The van der Waals surface area contributed by atoms with E-state index in [1.54, 1.807) is 35.3 Å². The van der Waals surface area contributed by atoms with Crippen LogP contribution in [0.4, 0.5) is 5.69 Å². The van der Waals surface area contributed by atoms with Gasteiger partial charge in [-0.25, -0.2) is 0 Å². The monoisotopic (exact) mass is 447 g/mol. The lowest BCUT2D eigenvalue weighted by Gasteiger charge is -2.16. The lowest BCUT2D eigenvalue weighted by Crippen LogP contribution is -2.23. The molecule has 154 valence electrons. The maximum atomic E-state index is 12.9. The molecule has 1 aliphatic heterocycles. The van der Waals surface area contributed by atoms with Gasteiger partial charge >= 0.3 is 0 Å². The van der Waals surface area contributed by atoms with Gasteiger partial charge in [-0.3, -0.25) is 9.59 Å². The normalized spacial score (nSPS) is 15.2. The summed E-state index contributed by atoms with van der Waals surface area (Å²) < 4.78 is 0. The van der Waals surface area contributed by atoms with E-state index in [4.69, 9.17) is 29.1 Å². The van der Waals surface area contributed by atoms with Gasteiger partial charge in [-0.05, 0) is 29.3 Å². The third-order valence-electron chi connectivity index (χ3n) is 5.28. The predicted molar refractivity (Wildman–Crippen MR) is 124 cm³/mol. The van der Waals surface area contributed by atoms with Crippen LogP contribution in [0.1, 0.15) is 33.5 Å². The number of nitrogens with one attached hydrogen (secondary N) is 1. The first kappa shape index (κ1) is 21.0. The van der Waals surface area contributed by atoms with E-state index in [-0.39, 0.29) is 11.8 Å². The molecule has 0 saturated heterocycles. The van der Waals surface area contributed by atoms with E-state index in [1.165, 1.54) is 0 Å². The minimum atomic E-state index is -0.330. The van der Waals surface area contributed by atoms with Gasteiger partial charge in [-0.2, -0.15) is 5.26 Å². The number of rotatable bonds is 5. The largest absolute Gasteiger partial charge is 0.330 e. The fourth-order valence-corrected chi connectivity index (χ4v) is 4.09. The first-order valence-corrected chi connectivity index (χ1v) is 10.5. The number of carbonyl (C=O) groups excluding carboxylic acids is 2. The molecular formula is C24H18ClN3O2S. The van der Waals surface area contributed by atoms with E-state index < -0.39 is 0 Å². The van der Waals surface area contributed by atoms with Crippen molar-refractivity contribution in [1.29, 1.82) is 5.26 Å². The van der Waals surface area contributed by atoms with Crippen molar-refractivity contribution >= 4 is 46.2 Å². The van der Waals surface area contributed by atoms with Crippen LogP contribution in [0.3, 0.4) is 0 Å². The number of hydrogen-bond acceptors (Lipinski definition) is 4. The number of halogens is 1. The summed E-state index contributed by atoms with van der Waals surface area (Å²) in [5.41, 5.74) is 4.25. The van der Waals surface area contributed by atoms with Gasteiger partial charge in [0.05, 0.1) is 18.1 Å². The van der Waals surface area contributed by atoms with E-state index in [0.717, 1.165) is 16.7 Å². The number of nitriles is 1. The molecule has 5 nitrogen and oxygen atoms in total. The Kier molecular flexibility index (Phi) is 5.99. The number of fused-ring (bicyclic) bond motifs is 1. The molecule has 2 aromatic rings. The van der Waals surface area contributed by atoms with Gasteiger partial charge in [-0.1, -0.05) is 60.2 Å². The van der Waals surface area contributed by atoms with Crippen LogP contribution in [-0.2, 0) is 24.3 Å². The summed E-state index contributed by atoms with van der Waals surface area (Å²) in [6.07, 6.45) is 4.15. The number of amides is 2. The van der Waals surface area contributed by atoms with Gasteiger partial charge in [-0.15, -0.1) is 0 Å². The van der Waals surface area contributed by atoms with E-state index in [1.807, 2.05) is 24.3 Å². The average Bonchev–Trinajstić information content (AvgIpc) is 3.08. The topological polar surface area (TPSA) is 73.2 Å². The smallest absolute Gasteiger partial charge is 0.256 e. The molecule has 1 aliphatic carbocycles. The Hall–Kier alpha value is -3.27. The zero-order valence-electron chi connectivity index (χ0n) is 16.5. The Balaban J connectivity index is 1.52. The van der Waals surface area contributed by atoms with Crippen molar-refractivity contribution in [3.8, 4) is 6.07 Å². The second-order valence-electron chi connectivity index (χ2n) is 7.37. The Morgan fingerprint density at radius 3 is 2.68 bits per heavy atom. The Labute approximate surface area is 190 Å². The van der Waals surface area contributed by atoms with E-state index >= 15 is 0 Å². The standard InChI is InChI=1S/C24H18ClN3O2S/c25-17-8-9-22(31)19(12-17)23(29)27-21-3-1-2-18-20(21)14-28(24(18)30)13-16-6-4-15(5-7-16)10-11-26/h1-8,12H,9-10,13-14H2,(H,27,29). The summed E-state index contributed by atoms with van der Waals surface area (Å²) in [4.78, 5) is 28.0. The Morgan fingerprint density at radius 2 is 1.94 bits per heavy atom. The summed E-state index contributed by atoms with van der Waals surface area (Å²) in [6.45, 7) is 0.845. The molecule has 0 unspecified atom stereocenters. The SMILES string of the molecule is N#CCc1ccc(CN2Cc3c(NC(=O)C4=CC(Cl)=CCC4=S)cccc3C2=O)cc1. The first-order valence-electron chi connectivity index (χ1n) is 9.74. The lowest BCUT2D eigenvalue weighted by molar-refractivity contribution is -0.112. The lowest BCUT2D eigenvalue weighted by atomic mass is 10.0. The maximum absolute atomic E-state index is 12.9. The Bertz CT molecular complexity index is 1190. The van der Waals surface area contributed by atoms with Crippen LogP contribution in [0.5, 0.6) is 0 Å². The summed E-state index contributed by atoms with van der Waals surface area (Å²) in [5.74, 6) is -0.408. The predicted octanol–water partition coefficient (Wildman–Crippen LogP) is 4.67. The van der Waals surface area contributed by atoms with Crippen LogP contribution in [0.25, 0.3) is 0 Å². The molecule has 0 aromatic heterocycles. The van der Waals surface area contributed by atoms with Gasteiger partial charge in [0.15, 0.2) is 0 Å². The second-order valence-corrected chi connectivity index (χ2v) is 8.30. The Morgan fingerprint density at radius 1 is 1.19 bits per heavy atom. The number of allylic oxidation sites excluding steroid dienone is 3. The highest BCUT2D eigenvalue weighted by Crippen LogP contribution is 2.31. The highest BCUT2D eigenvalue weighted by atomic mass is 35.5. The van der Waals surface area contributed by atoms with Gasteiger partial charge in [0.1, 0.15) is 0 Å². The molecule has 31 heavy (non-hydrogen) atoms. The zero-order valence-corrected chi connectivity index (χ0v) is 18.1. The number of carbonyl (C=O) groups is 2. The molecule has 0 atom stereocenters. The molecule has 0 fully saturated rings. The summed E-state index contributed by atoms with van der Waals surface area (Å²) in [7, 11) is 0. The maximum Gasteiger partial charge on any atom is 0.256 e. The van der Waals surface area contributed by atoms with Gasteiger partial charge in [0.25, 0.3) is 11.8 Å². The molecule has 0 spiro atoms. The van der Waals surface area contributed by atoms with E-state index in [2.05, 4.69) is 11.4 Å². The quantitative estimate of drug-likeness (QED) is 0.676. The molecule has 0 radical (unpaired) electrons. The van der Waals surface area contributed by atoms with Crippen LogP contribution in [0.2, 0.25) is 0 Å². The fourth-order valence-electron chi connectivity index (χ4n) is 3.67. The summed E-state index contributed by atoms with van der Waals surface area (Å²) in [6, 6.07) is 15.1. The van der Waals surface area contributed by atoms with Gasteiger partial charge in [0.2, 0.25) is 0 Å². The van der Waals surface area contributed by atoms with E-state index in [9.17, 15) is 9.59 Å². The molecule has 2 aromatic carbocycles. The van der Waals surface area contributed by atoms with Crippen LogP contribution in [0.15, 0.2) is 65.2 Å². The molecule has 7 heteroatoms. The van der Waals surface area contributed by atoms with Crippen molar-refractivity contribution < 1.29 is 9.59 Å². The molecule has 0 saturated carbocycles. The number of anilines is 1. The molecule has 1 heterocycles. The van der Waals surface area contributed by atoms with E-state index in [0.29, 0.717) is 52.7 Å². The number of nitrogens with zero attached hydrogens (tertiary/aromatic N) is 2. The number of hydrogen-bond donors (Lipinski definition) is 1. The second kappa shape index (κ2) is 8.84. The average molecular weight is 448 g/mol. The highest BCUT2D eigenvalue weighted by Gasteiger charge is 2.30.